The van der Waals surface area contributed by atoms with E-state index in [9.17, 15) is 14.9 Å². The highest BCUT2D eigenvalue weighted by molar-refractivity contribution is 6.35. The summed E-state index contributed by atoms with van der Waals surface area (Å²) < 4.78 is 0. The van der Waals surface area contributed by atoms with Gasteiger partial charge in [-0.2, -0.15) is 0 Å². The maximum atomic E-state index is 12.5. The summed E-state index contributed by atoms with van der Waals surface area (Å²) in [5, 5.41) is 14.8. The van der Waals surface area contributed by atoms with Gasteiger partial charge in [-0.3, -0.25) is 14.9 Å². The van der Waals surface area contributed by atoms with Crippen molar-refractivity contribution in [3.05, 3.63) is 67.7 Å². The highest BCUT2D eigenvalue weighted by atomic mass is 35.5. The second kappa shape index (κ2) is 7.51. The molecule has 0 radical (unpaired) electrons. The molecule has 6 nitrogen and oxygen atoms in total. The SMILES string of the molecule is CNc1ccc(C(=O)N(C)Cc2ccc(Cl)cc2Cl)cc1[N+](=O)[O-]. The van der Waals surface area contributed by atoms with Crippen LogP contribution < -0.4 is 5.32 Å². The zero-order valence-corrected chi connectivity index (χ0v) is 14.6. The molecule has 0 spiro atoms. The Hall–Kier alpha value is -2.31. The van der Waals surface area contributed by atoms with Gasteiger partial charge >= 0.3 is 0 Å². The summed E-state index contributed by atoms with van der Waals surface area (Å²) in [6.45, 7) is 0.260. The number of halogens is 2. The number of anilines is 1. The van der Waals surface area contributed by atoms with Crippen molar-refractivity contribution in [1.82, 2.24) is 4.90 Å². The minimum Gasteiger partial charge on any atom is -0.383 e. The number of benzene rings is 2. The van der Waals surface area contributed by atoms with Crippen LogP contribution in [0.15, 0.2) is 36.4 Å². The Balaban J connectivity index is 2.24. The van der Waals surface area contributed by atoms with Crippen LogP contribution in [0, 0.1) is 10.1 Å². The summed E-state index contributed by atoms with van der Waals surface area (Å²) in [6, 6.07) is 9.34. The number of rotatable bonds is 5. The summed E-state index contributed by atoms with van der Waals surface area (Å²) >= 11 is 12.0. The molecule has 2 aromatic rings. The van der Waals surface area contributed by atoms with E-state index in [0.29, 0.717) is 15.7 Å². The molecule has 1 amide bonds. The van der Waals surface area contributed by atoms with Gasteiger partial charge in [-0.25, -0.2) is 0 Å². The van der Waals surface area contributed by atoms with Gasteiger partial charge in [0.15, 0.2) is 0 Å². The minimum atomic E-state index is -0.529. The summed E-state index contributed by atoms with van der Waals surface area (Å²) in [6.07, 6.45) is 0. The van der Waals surface area contributed by atoms with Gasteiger partial charge in [0.2, 0.25) is 0 Å². The van der Waals surface area contributed by atoms with Crippen LogP contribution in [0.2, 0.25) is 10.0 Å². The Kier molecular flexibility index (Phi) is 5.64. The summed E-state index contributed by atoms with van der Waals surface area (Å²) in [7, 11) is 3.18. The van der Waals surface area contributed by atoms with Crippen molar-refractivity contribution in [3.63, 3.8) is 0 Å². The third-order valence-electron chi connectivity index (χ3n) is 3.48. The first kappa shape index (κ1) is 18.0. The van der Waals surface area contributed by atoms with Crippen molar-refractivity contribution in [2.45, 2.75) is 6.54 Å². The molecule has 0 aliphatic carbocycles. The van der Waals surface area contributed by atoms with Crippen molar-refractivity contribution >= 4 is 40.5 Å². The Morgan fingerprint density at radius 2 is 1.96 bits per heavy atom. The molecule has 0 atom stereocenters. The summed E-state index contributed by atoms with van der Waals surface area (Å²) in [4.78, 5) is 24.5. The lowest BCUT2D eigenvalue weighted by Crippen LogP contribution is -2.26. The number of hydrogen-bond donors (Lipinski definition) is 1. The molecule has 1 N–H and O–H groups in total. The molecule has 0 aliphatic heterocycles. The second-order valence-electron chi connectivity index (χ2n) is 5.14. The number of nitro benzene ring substituents is 1. The van der Waals surface area contributed by atoms with Crippen molar-refractivity contribution in [3.8, 4) is 0 Å². The van der Waals surface area contributed by atoms with Crippen molar-refractivity contribution in [1.29, 1.82) is 0 Å². The van der Waals surface area contributed by atoms with E-state index in [1.807, 2.05) is 0 Å². The van der Waals surface area contributed by atoms with Crippen molar-refractivity contribution < 1.29 is 9.72 Å². The first-order valence-electron chi connectivity index (χ1n) is 6.99. The van der Waals surface area contributed by atoms with Gasteiger partial charge in [0.05, 0.1) is 4.92 Å². The second-order valence-corrected chi connectivity index (χ2v) is 5.98. The Bertz CT molecular complexity index is 796. The fourth-order valence-corrected chi connectivity index (χ4v) is 2.69. The predicted octanol–water partition coefficient (Wildman–Crippen LogP) is 4.22. The van der Waals surface area contributed by atoms with E-state index in [1.165, 1.54) is 17.0 Å². The highest BCUT2D eigenvalue weighted by Gasteiger charge is 2.19. The van der Waals surface area contributed by atoms with Crippen molar-refractivity contribution in [2.24, 2.45) is 0 Å². The van der Waals surface area contributed by atoms with Crippen LogP contribution in [0.4, 0.5) is 11.4 Å². The van der Waals surface area contributed by atoms with Gasteiger partial charge in [0.1, 0.15) is 5.69 Å². The predicted molar refractivity (Wildman–Crippen MR) is 94.9 cm³/mol. The lowest BCUT2D eigenvalue weighted by Gasteiger charge is -2.18. The number of amides is 1. The maximum absolute atomic E-state index is 12.5. The molecular weight excluding hydrogens is 353 g/mol. The van der Waals surface area contributed by atoms with E-state index in [1.54, 1.807) is 38.4 Å². The van der Waals surface area contributed by atoms with Gasteiger partial charge in [0.25, 0.3) is 11.6 Å². The molecule has 0 fully saturated rings. The van der Waals surface area contributed by atoms with Crippen LogP contribution in [-0.2, 0) is 6.54 Å². The average molecular weight is 368 g/mol. The van der Waals surface area contributed by atoms with E-state index in [4.69, 9.17) is 23.2 Å². The standard InChI is InChI=1S/C16H15Cl2N3O3/c1-19-14-6-4-10(7-15(14)21(23)24)16(22)20(2)9-11-3-5-12(17)8-13(11)18/h3-8,19H,9H2,1-2H3. The fourth-order valence-electron chi connectivity index (χ4n) is 2.22. The number of nitro groups is 1. The van der Waals surface area contributed by atoms with Crippen LogP contribution in [-0.4, -0.2) is 29.8 Å². The van der Waals surface area contributed by atoms with Crippen LogP contribution >= 0.6 is 23.2 Å². The molecule has 0 bridgehead atoms. The molecule has 0 saturated carbocycles. The van der Waals surface area contributed by atoms with Gasteiger partial charge in [-0.1, -0.05) is 29.3 Å². The molecule has 0 unspecified atom stereocenters. The topological polar surface area (TPSA) is 75.5 Å². The molecule has 8 heteroatoms. The molecular formula is C16H15Cl2N3O3. The highest BCUT2D eigenvalue weighted by Crippen LogP contribution is 2.26. The van der Waals surface area contributed by atoms with Crippen LogP contribution in [0.1, 0.15) is 15.9 Å². The number of carbonyl (C=O) groups is 1. The van der Waals surface area contributed by atoms with Crippen LogP contribution in [0.3, 0.4) is 0 Å². The van der Waals surface area contributed by atoms with Gasteiger partial charge in [0, 0.05) is 42.3 Å². The molecule has 0 aliphatic rings. The first-order valence-corrected chi connectivity index (χ1v) is 7.74. The molecule has 2 rings (SSSR count). The fraction of sp³-hybridized carbons (Fsp3) is 0.188. The molecule has 126 valence electrons. The summed E-state index contributed by atoms with van der Waals surface area (Å²) in [5.41, 5.74) is 1.16. The number of nitrogens with zero attached hydrogens (tertiary/aromatic N) is 2. The van der Waals surface area contributed by atoms with E-state index in [2.05, 4.69) is 5.32 Å². The molecule has 0 saturated heterocycles. The largest absolute Gasteiger partial charge is 0.383 e. The van der Waals surface area contributed by atoms with Gasteiger partial charge in [-0.15, -0.1) is 0 Å². The lowest BCUT2D eigenvalue weighted by molar-refractivity contribution is -0.384. The van der Waals surface area contributed by atoms with Crippen molar-refractivity contribution in [2.75, 3.05) is 19.4 Å². The first-order chi connectivity index (χ1) is 11.3. The molecule has 0 aromatic heterocycles. The normalized spacial score (nSPS) is 10.3. The van der Waals surface area contributed by atoms with Crippen LogP contribution in [0.25, 0.3) is 0 Å². The smallest absolute Gasteiger partial charge is 0.293 e. The Morgan fingerprint density at radius 3 is 2.54 bits per heavy atom. The number of nitrogens with one attached hydrogen (secondary N) is 1. The van der Waals surface area contributed by atoms with Crippen LogP contribution in [0.5, 0.6) is 0 Å². The third-order valence-corrected chi connectivity index (χ3v) is 4.07. The Labute approximate surface area is 149 Å². The van der Waals surface area contributed by atoms with E-state index in [0.717, 1.165) is 5.56 Å². The van der Waals surface area contributed by atoms with Gasteiger partial charge < -0.3 is 10.2 Å². The zero-order valence-electron chi connectivity index (χ0n) is 13.0. The van der Waals surface area contributed by atoms with E-state index >= 15 is 0 Å². The minimum absolute atomic E-state index is 0.152. The zero-order chi connectivity index (χ0) is 17.9. The number of carbonyl (C=O) groups excluding carboxylic acids is 1. The number of hydrogen-bond acceptors (Lipinski definition) is 4. The average Bonchev–Trinajstić information content (AvgIpc) is 2.55. The van der Waals surface area contributed by atoms with E-state index in [-0.39, 0.29) is 23.7 Å². The molecule has 2 aromatic carbocycles. The lowest BCUT2D eigenvalue weighted by atomic mass is 10.1. The van der Waals surface area contributed by atoms with E-state index < -0.39 is 4.92 Å². The summed E-state index contributed by atoms with van der Waals surface area (Å²) in [5.74, 6) is -0.341. The molecule has 24 heavy (non-hydrogen) atoms. The maximum Gasteiger partial charge on any atom is 0.293 e. The monoisotopic (exact) mass is 367 g/mol. The third kappa shape index (κ3) is 3.96. The van der Waals surface area contributed by atoms with Gasteiger partial charge in [-0.05, 0) is 29.8 Å². The Morgan fingerprint density at radius 1 is 1.25 bits per heavy atom. The quantitative estimate of drug-likeness (QED) is 0.634. The molecule has 0 heterocycles.